The maximum Gasteiger partial charge on any atom is 0.119 e. The molecule has 1 aromatic carbocycles. The first-order chi connectivity index (χ1) is 8.09. The molecule has 0 heterocycles. The summed E-state index contributed by atoms with van der Waals surface area (Å²) in [6.07, 6.45) is 0. The van der Waals surface area contributed by atoms with Gasteiger partial charge >= 0.3 is 0 Å². The van der Waals surface area contributed by atoms with Crippen molar-refractivity contribution in [1.82, 2.24) is 0 Å². The normalized spacial score (nSPS) is 10.5. The van der Waals surface area contributed by atoms with Crippen LogP contribution in [0.1, 0.15) is 19.4 Å². The van der Waals surface area contributed by atoms with Gasteiger partial charge in [-0.05, 0) is 30.2 Å². The Labute approximate surface area is 108 Å². The van der Waals surface area contributed by atoms with Crippen LogP contribution in [-0.2, 0) is 4.74 Å². The molecule has 0 spiro atoms. The zero-order chi connectivity index (χ0) is 12.7. The van der Waals surface area contributed by atoms with Crippen LogP contribution in [-0.4, -0.2) is 24.8 Å². The molecule has 0 saturated carbocycles. The zero-order valence-corrected chi connectivity index (χ0v) is 11.1. The van der Waals surface area contributed by atoms with E-state index in [4.69, 9.17) is 27.4 Å². The summed E-state index contributed by atoms with van der Waals surface area (Å²) in [5.41, 5.74) is 6.35. The summed E-state index contributed by atoms with van der Waals surface area (Å²) in [6, 6.07) is 7.42. The van der Waals surface area contributed by atoms with Gasteiger partial charge in [-0.25, -0.2) is 0 Å². The average Bonchev–Trinajstić information content (AvgIpc) is 2.29. The molecular formula is C13H19NO2S. The molecule has 0 unspecified atom stereocenters. The van der Waals surface area contributed by atoms with Crippen molar-refractivity contribution in [2.24, 2.45) is 11.7 Å². The molecule has 0 radical (unpaired) electrons. The standard InChI is InChI=1S/C13H19NO2S/c1-10(2)9-15-7-8-16-12-5-3-11(4-6-12)13(14)17/h3-6,10H,7-9H2,1-2H3,(H2,14,17). The first-order valence-electron chi connectivity index (χ1n) is 5.70. The number of ether oxygens (including phenoxy) is 2. The van der Waals surface area contributed by atoms with Gasteiger partial charge in [0.05, 0.1) is 6.61 Å². The SMILES string of the molecule is CC(C)COCCOc1ccc(C(N)=S)cc1. The minimum atomic E-state index is 0.400. The van der Waals surface area contributed by atoms with Crippen molar-refractivity contribution < 1.29 is 9.47 Å². The van der Waals surface area contributed by atoms with Crippen molar-refractivity contribution in [3.05, 3.63) is 29.8 Å². The highest BCUT2D eigenvalue weighted by molar-refractivity contribution is 7.80. The van der Waals surface area contributed by atoms with Crippen molar-refractivity contribution in [2.75, 3.05) is 19.8 Å². The van der Waals surface area contributed by atoms with E-state index in [2.05, 4.69) is 13.8 Å². The first-order valence-corrected chi connectivity index (χ1v) is 6.11. The van der Waals surface area contributed by atoms with E-state index < -0.39 is 0 Å². The van der Waals surface area contributed by atoms with Gasteiger partial charge in [0.25, 0.3) is 0 Å². The molecule has 1 aromatic rings. The highest BCUT2D eigenvalue weighted by Crippen LogP contribution is 2.11. The van der Waals surface area contributed by atoms with Gasteiger partial charge in [0.1, 0.15) is 17.3 Å². The molecule has 94 valence electrons. The van der Waals surface area contributed by atoms with Gasteiger partial charge in [-0.1, -0.05) is 26.1 Å². The fraction of sp³-hybridized carbons (Fsp3) is 0.462. The fourth-order valence-electron chi connectivity index (χ4n) is 1.25. The molecule has 0 amide bonds. The van der Waals surface area contributed by atoms with Gasteiger partial charge in [-0.2, -0.15) is 0 Å². The number of thiocarbonyl (C=S) groups is 1. The molecule has 2 N–H and O–H groups in total. The van der Waals surface area contributed by atoms with Gasteiger partial charge in [0.15, 0.2) is 0 Å². The lowest BCUT2D eigenvalue weighted by Crippen LogP contribution is -2.11. The minimum absolute atomic E-state index is 0.400. The summed E-state index contributed by atoms with van der Waals surface area (Å²) in [5, 5.41) is 0. The van der Waals surface area contributed by atoms with Gasteiger partial charge < -0.3 is 15.2 Å². The number of hydrogen-bond acceptors (Lipinski definition) is 3. The maximum atomic E-state index is 5.51. The third kappa shape index (κ3) is 5.65. The van der Waals surface area contributed by atoms with Gasteiger partial charge in [0, 0.05) is 12.2 Å². The molecule has 0 bridgehead atoms. The average molecular weight is 253 g/mol. The summed E-state index contributed by atoms with van der Waals surface area (Å²) >= 11 is 4.87. The van der Waals surface area contributed by atoms with Crippen LogP contribution in [0, 0.1) is 5.92 Å². The van der Waals surface area contributed by atoms with Crippen molar-refractivity contribution in [3.8, 4) is 5.75 Å². The lowest BCUT2D eigenvalue weighted by molar-refractivity contribution is 0.0819. The Morgan fingerprint density at radius 2 is 1.88 bits per heavy atom. The summed E-state index contributed by atoms with van der Waals surface area (Å²) in [7, 11) is 0. The molecule has 4 heteroatoms. The van der Waals surface area contributed by atoms with E-state index in [1.54, 1.807) is 0 Å². The number of benzene rings is 1. The van der Waals surface area contributed by atoms with E-state index in [-0.39, 0.29) is 0 Å². The molecule has 0 fully saturated rings. The molecule has 0 aliphatic heterocycles. The third-order valence-corrected chi connectivity index (χ3v) is 2.32. The molecule has 0 aliphatic carbocycles. The van der Waals surface area contributed by atoms with E-state index in [1.165, 1.54) is 0 Å². The van der Waals surface area contributed by atoms with Crippen LogP contribution < -0.4 is 10.5 Å². The molecule has 0 aromatic heterocycles. The summed E-state index contributed by atoms with van der Waals surface area (Å²) in [6.45, 7) is 6.17. The van der Waals surface area contributed by atoms with E-state index in [1.807, 2.05) is 24.3 Å². The van der Waals surface area contributed by atoms with Crippen LogP contribution in [0.25, 0.3) is 0 Å². The Balaban J connectivity index is 2.25. The summed E-state index contributed by atoms with van der Waals surface area (Å²) < 4.78 is 10.9. The Hall–Kier alpha value is -1.13. The maximum absolute atomic E-state index is 5.51. The second-order valence-electron chi connectivity index (χ2n) is 4.21. The van der Waals surface area contributed by atoms with Gasteiger partial charge in [-0.15, -0.1) is 0 Å². The molecular weight excluding hydrogens is 234 g/mol. The monoisotopic (exact) mass is 253 g/mol. The first kappa shape index (κ1) is 13.9. The molecule has 3 nitrogen and oxygen atoms in total. The fourth-order valence-corrected chi connectivity index (χ4v) is 1.39. The highest BCUT2D eigenvalue weighted by Gasteiger charge is 1.98. The Morgan fingerprint density at radius 3 is 2.41 bits per heavy atom. The lowest BCUT2D eigenvalue weighted by atomic mass is 10.2. The van der Waals surface area contributed by atoms with E-state index in [0.29, 0.717) is 24.1 Å². The smallest absolute Gasteiger partial charge is 0.119 e. The minimum Gasteiger partial charge on any atom is -0.491 e. The Kier molecular flexibility index (Phi) is 5.94. The van der Waals surface area contributed by atoms with Crippen molar-refractivity contribution >= 4 is 17.2 Å². The number of hydrogen-bond donors (Lipinski definition) is 1. The van der Waals surface area contributed by atoms with Crippen LogP contribution in [0.4, 0.5) is 0 Å². The van der Waals surface area contributed by atoms with E-state index >= 15 is 0 Å². The van der Waals surface area contributed by atoms with E-state index in [0.717, 1.165) is 17.9 Å². The quantitative estimate of drug-likeness (QED) is 0.598. The van der Waals surface area contributed by atoms with Crippen LogP contribution in [0.2, 0.25) is 0 Å². The number of rotatable bonds is 7. The van der Waals surface area contributed by atoms with Crippen molar-refractivity contribution in [2.45, 2.75) is 13.8 Å². The zero-order valence-electron chi connectivity index (χ0n) is 10.3. The largest absolute Gasteiger partial charge is 0.491 e. The highest BCUT2D eigenvalue weighted by atomic mass is 32.1. The topological polar surface area (TPSA) is 44.5 Å². The van der Waals surface area contributed by atoms with Crippen LogP contribution >= 0.6 is 12.2 Å². The summed E-state index contributed by atoms with van der Waals surface area (Å²) in [4.78, 5) is 0.400. The third-order valence-electron chi connectivity index (χ3n) is 2.09. The predicted octanol–water partition coefficient (Wildman–Crippen LogP) is 2.37. The van der Waals surface area contributed by atoms with Crippen LogP contribution in [0.3, 0.4) is 0 Å². The second kappa shape index (κ2) is 7.25. The molecule has 17 heavy (non-hydrogen) atoms. The molecule has 0 saturated heterocycles. The van der Waals surface area contributed by atoms with Crippen LogP contribution in [0.15, 0.2) is 24.3 Å². The van der Waals surface area contributed by atoms with Gasteiger partial charge in [-0.3, -0.25) is 0 Å². The second-order valence-corrected chi connectivity index (χ2v) is 4.65. The lowest BCUT2D eigenvalue weighted by Gasteiger charge is -2.09. The molecule has 0 aliphatic rings. The Bertz CT molecular complexity index is 349. The molecule has 0 atom stereocenters. The van der Waals surface area contributed by atoms with Gasteiger partial charge in [0.2, 0.25) is 0 Å². The molecule has 1 rings (SSSR count). The number of nitrogens with two attached hydrogens (primary N) is 1. The predicted molar refractivity (Wildman–Crippen MR) is 73.5 cm³/mol. The van der Waals surface area contributed by atoms with E-state index in [9.17, 15) is 0 Å². The van der Waals surface area contributed by atoms with Crippen LogP contribution in [0.5, 0.6) is 5.75 Å². The van der Waals surface area contributed by atoms with Crippen molar-refractivity contribution in [3.63, 3.8) is 0 Å². The summed E-state index contributed by atoms with van der Waals surface area (Å²) in [5.74, 6) is 1.36. The Morgan fingerprint density at radius 1 is 1.24 bits per heavy atom. The van der Waals surface area contributed by atoms with Crippen molar-refractivity contribution in [1.29, 1.82) is 0 Å².